The van der Waals surface area contributed by atoms with Gasteiger partial charge in [0.15, 0.2) is 0 Å². The molecule has 2 fully saturated rings. The van der Waals surface area contributed by atoms with Gasteiger partial charge in [-0.1, -0.05) is 20.3 Å². The second-order valence-corrected chi connectivity index (χ2v) is 8.39. The molecular formula is C17H28N2S. The van der Waals surface area contributed by atoms with Crippen LogP contribution in [0.2, 0.25) is 0 Å². The number of hydrogen-bond donors (Lipinski definition) is 1. The van der Waals surface area contributed by atoms with E-state index in [4.69, 9.17) is 5.73 Å². The number of rotatable bonds is 5. The van der Waals surface area contributed by atoms with Gasteiger partial charge in [0.1, 0.15) is 0 Å². The molecule has 1 aromatic rings. The average Bonchev–Trinajstić information content (AvgIpc) is 3.11. The van der Waals surface area contributed by atoms with Crippen LogP contribution in [-0.2, 0) is 6.54 Å². The fraction of sp³-hybridized carbons (Fsp3) is 0.765. The highest BCUT2D eigenvalue weighted by Crippen LogP contribution is 2.47. The normalized spacial score (nSPS) is 29.8. The molecule has 0 aromatic carbocycles. The van der Waals surface area contributed by atoms with Crippen molar-refractivity contribution in [1.82, 2.24) is 4.90 Å². The van der Waals surface area contributed by atoms with Crippen LogP contribution in [0.1, 0.15) is 57.9 Å². The second kappa shape index (κ2) is 5.43. The summed E-state index contributed by atoms with van der Waals surface area (Å²) >= 11 is 1.81. The average molecular weight is 292 g/mol. The monoisotopic (exact) mass is 292 g/mol. The van der Waals surface area contributed by atoms with E-state index in [2.05, 4.69) is 35.6 Å². The van der Waals surface area contributed by atoms with E-state index in [1.54, 1.807) is 0 Å². The summed E-state index contributed by atoms with van der Waals surface area (Å²) in [6.07, 6.45) is 7.96. The van der Waals surface area contributed by atoms with Gasteiger partial charge in [-0.05, 0) is 59.9 Å². The van der Waals surface area contributed by atoms with E-state index in [-0.39, 0.29) is 5.54 Å². The van der Waals surface area contributed by atoms with Gasteiger partial charge in [0.25, 0.3) is 0 Å². The predicted octanol–water partition coefficient (Wildman–Crippen LogP) is 4.01. The molecule has 2 saturated carbocycles. The summed E-state index contributed by atoms with van der Waals surface area (Å²) in [6, 6.07) is 3.06. The number of hydrogen-bond acceptors (Lipinski definition) is 3. The van der Waals surface area contributed by atoms with Crippen molar-refractivity contribution in [3.63, 3.8) is 0 Å². The SMILES string of the molecule is CC1(C)CCCC(CN)(N(Cc2ccsc2)C2CC2)C1. The molecule has 2 aliphatic rings. The van der Waals surface area contributed by atoms with Crippen molar-refractivity contribution >= 4 is 11.3 Å². The molecule has 3 rings (SSSR count). The summed E-state index contributed by atoms with van der Waals surface area (Å²) < 4.78 is 0. The van der Waals surface area contributed by atoms with Crippen LogP contribution < -0.4 is 5.73 Å². The van der Waals surface area contributed by atoms with Crippen molar-refractivity contribution < 1.29 is 0 Å². The largest absolute Gasteiger partial charge is 0.329 e. The van der Waals surface area contributed by atoms with Crippen LogP contribution in [0.25, 0.3) is 0 Å². The minimum atomic E-state index is 0.241. The van der Waals surface area contributed by atoms with Gasteiger partial charge in [0.05, 0.1) is 0 Å². The summed E-state index contributed by atoms with van der Waals surface area (Å²) in [5.41, 5.74) is 8.47. The number of thiophene rings is 1. The zero-order valence-electron chi connectivity index (χ0n) is 12.9. The zero-order chi connectivity index (χ0) is 14.2. The molecular weight excluding hydrogens is 264 g/mol. The smallest absolute Gasteiger partial charge is 0.0343 e. The van der Waals surface area contributed by atoms with E-state index in [0.29, 0.717) is 5.41 Å². The molecule has 2 nitrogen and oxygen atoms in total. The molecule has 1 atom stereocenters. The molecule has 0 radical (unpaired) electrons. The van der Waals surface area contributed by atoms with Gasteiger partial charge in [-0.3, -0.25) is 4.90 Å². The molecule has 0 amide bonds. The third-order valence-electron chi connectivity index (χ3n) is 5.21. The van der Waals surface area contributed by atoms with Crippen molar-refractivity contribution in [2.75, 3.05) is 6.54 Å². The van der Waals surface area contributed by atoms with Gasteiger partial charge in [-0.2, -0.15) is 11.3 Å². The summed E-state index contributed by atoms with van der Waals surface area (Å²) in [6.45, 7) is 6.76. The maximum atomic E-state index is 6.32. The standard InChI is InChI=1S/C17H28N2S/c1-16(2)7-3-8-17(12-16,13-18)19(15-4-5-15)10-14-6-9-20-11-14/h6,9,11,15H,3-5,7-8,10,12-13,18H2,1-2H3. The van der Waals surface area contributed by atoms with Crippen LogP contribution in [0.3, 0.4) is 0 Å². The van der Waals surface area contributed by atoms with E-state index in [0.717, 1.165) is 19.1 Å². The first-order valence-electron chi connectivity index (χ1n) is 8.03. The minimum absolute atomic E-state index is 0.241. The quantitative estimate of drug-likeness (QED) is 0.888. The second-order valence-electron chi connectivity index (χ2n) is 7.61. The van der Waals surface area contributed by atoms with Crippen molar-refractivity contribution in [3.05, 3.63) is 22.4 Å². The van der Waals surface area contributed by atoms with Crippen LogP contribution in [-0.4, -0.2) is 23.0 Å². The van der Waals surface area contributed by atoms with Crippen molar-refractivity contribution in [3.8, 4) is 0 Å². The van der Waals surface area contributed by atoms with E-state index < -0.39 is 0 Å². The Labute approximate surface area is 127 Å². The van der Waals surface area contributed by atoms with Crippen molar-refractivity contribution in [2.24, 2.45) is 11.1 Å². The first-order chi connectivity index (χ1) is 9.55. The predicted molar refractivity (Wildman–Crippen MR) is 86.9 cm³/mol. The summed E-state index contributed by atoms with van der Waals surface area (Å²) in [4.78, 5) is 2.77. The van der Waals surface area contributed by atoms with Crippen molar-refractivity contribution in [2.45, 2.75) is 70.5 Å². The molecule has 0 aliphatic heterocycles. The van der Waals surface area contributed by atoms with Crippen LogP contribution in [0.4, 0.5) is 0 Å². The lowest BCUT2D eigenvalue weighted by Gasteiger charge is -2.51. The molecule has 1 unspecified atom stereocenters. The maximum Gasteiger partial charge on any atom is 0.0343 e. The molecule has 0 saturated heterocycles. The Morgan fingerprint density at radius 2 is 2.15 bits per heavy atom. The van der Waals surface area contributed by atoms with E-state index in [1.165, 1.54) is 44.1 Å². The molecule has 2 aliphatic carbocycles. The highest BCUT2D eigenvalue weighted by Gasteiger charge is 2.47. The Kier molecular flexibility index (Phi) is 3.95. The third-order valence-corrected chi connectivity index (χ3v) is 5.95. The Hall–Kier alpha value is -0.380. The summed E-state index contributed by atoms with van der Waals surface area (Å²) in [7, 11) is 0. The fourth-order valence-corrected chi connectivity index (χ4v) is 4.81. The zero-order valence-corrected chi connectivity index (χ0v) is 13.7. The lowest BCUT2D eigenvalue weighted by molar-refractivity contribution is -0.00201. The molecule has 1 heterocycles. The third kappa shape index (κ3) is 2.95. The van der Waals surface area contributed by atoms with Gasteiger partial charge >= 0.3 is 0 Å². The Morgan fingerprint density at radius 1 is 1.35 bits per heavy atom. The molecule has 0 spiro atoms. The summed E-state index contributed by atoms with van der Waals surface area (Å²) in [5, 5.41) is 4.49. The Bertz CT molecular complexity index is 436. The first-order valence-corrected chi connectivity index (χ1v) is 8.97. The van der Waals surface area contributed by atoms with Crippen LogP contribution in [0.5, 0.6) is 0 Å². The summed E-state index contributed by atoms with van der Waals surface area (Å²) in [5.74, 6) is 0. The molecule has 1 aromatic heterocycles. The van der Waals surface area contributed by atoms with E-state index in [9.17, 15) is 0 Å². The minimum Gasteiger partial charge on any atom is -0.329 e. The topological polar surface area (TPSA) is 29.3 Å². The molecule has 0 bridgehead atoms. The lowest BCUT2D eigenvalue weighted by atomic mass is 9.67. The van der Waals surface area contributed by atoms with Gasteiger partial charge in [-0.15, -0.1) is 0 Å². The van der Waals surface area contributed by atoms with E-state index >= 15 is 0 Å². The highest BCUT2D eigenvalue weighted by molar-refractivity contribution is 7.07. The number of nitrogens with two attached hydrogens (primary N) is 1. The van der Waals surface area contributed by atoms with Crippen LogP contribution >= 0.6 is 11.3 Å². The van der Waals surface area contributed by atoms with Gasteiger partial charge in [0, 0.05) is 24.7 Å². The molecule has 3 heteroatoms. The van der Waals surface area contributed by atoms with Crippen molar-refractivity contribution in [1.29, 1.82) is 0 Å². The lowest BCUT2D eigenvalue weighted by Crippen LogP contribution is -2.58. The first kappa shape index (κ1) is 14.6. The molecule has 112 valence electrons. The Morgan fingerprint density at radius 3 is 2.70 bits per heavy atom. The Balaban J connectivity index is 1.83. The van der Waals surface area contributed by atoms with Crippen LogP contribution in [0, 0.1) is 5.41 Å². The molecule has 2 N–H and O–H groups in total. The van der Waals surface area contributed by atoms with E-state index in [1.807, 2.05) is 11.3 Å². The van der Waals surface area contributed by atoms with Crippen LogP contribution in [0.15, 0.2) is 16.8 Å². The van der Waals surface area contributed by atoms with Gasteiger partial charge in [-0.25, -0.2) is 0 Å². The fourth-order valence-electron chi connectivity index (χ4n) is 4.15. The van der Waals surface area contributed by atoms with Gasteiger partial charge in [0.2, 0.25) is 0 Å². The number of nitrogens with zero attached hydrogens (tertiary/aromatic N) is 1. The molecule has 20 heavy (non-hydrogen) atoms. The maximum absolute atomic E-state index is 6.32. The highest BCUT2D eigenvalue weighted by atomic mass is 32.1. The van der Waals surface area contributed by atoms with Gasteiger partial charge < -0.3 is 5.73 Å².